The zero-order valence-corrected chi connectivity index (χ0v) is 14.0. The Balaban J connectivity index is 1.49. The van der Waals surface area contributed by atoms with Crippen LogP contribution < -0.4 is 15.6 Å². The number of hydrogen-bond donors (Lipinski definition) is 2. The van der Waals surface area contributed by atoms with Crippen LogP contribution in [0.15, 0.2) is 41.2 Å². The number of aromatic amines is 1. The van der Waals surface area contributed by atoms with E-state index in [9.17, 15) is 9.59 Å². The predicted octanol–water partition coefficient (Wildman–Crippen LogP) is 1.96. The monoisotopic (exact) mass is 340 g/mol. The van der Waals surface area contributed by atoms with Crippen LogP contribution in [0.2, 0.25) is 0 Å². The second-order valence-corrected chi connectivity index (χ2v) is 6.52. The van der Waals surface area contributed by atoms with Crippen molar-refractivity contribution in [2.24, 2.45) is 5.92 Å². The molecule has 2 heterocycles. The van der Waals surface area contributed by atoms with Crippen LogP contribution in [0.3, 0.4) is 0 Å². The highest BCUT2D eigenvalue weighted by atomic mass is 16.5. The first-order valence-corrected chi connectivity index (χ1v) is 8.46. The molecule has 0 spiro atoms. The molecule has 2 fully saturated rings. The van der Waals surface area contributed by atoms with E-state index in [1.807, 2.05) is 24.3 Å². The molecule has 3 atom stereocenters. The van der Waals surface area contributed by atoms with E-state index in [0.29, 0.717) is 11.6 Å². The highest BCUT2D eigenvalue weighted by Crippen LogP contribution is 2.38. The van der Waals surface area contributed by atoms with Gasteiger partial charge >= 0.3 is 0 Å². The largest absolute Gasteiger partial charge is 0.497 e. The summed E-state index contributed by atoms with van der Waals surface area (Å²) >= 11 is 0. The van der Waals surface area contributed by atoms with E-state index < -0.39 is 0 Å². The summed E-state index contributed by atoms with van der Waals surface area (Å²) in [5.74, 6) is 0.816. The number of carbonyl (C=O) groups is 1. The van der Waals surface area contributed by atoms with Gasteiger partial charge < -0.3 is 19.8 Å². The first kappa shape index (κ1) is 15.9. The van der Waals surface area contributed by atoms with E-state index in [2.05, 4.69) is 10.3 Å². The second-order valence-electron chi connectivity index (χ2n) is 6.52. The van der Waals surface area contributed by atoms with Gasteiger partial charge in [0.1, 0.15) is 11.3 Å². The first-order valence-electron chi connectivity index (χ1n) is 8.46. The van der Waals surface area contributed by atoms with E-state index in [0.717, 1.165) is 30.8 Å². The minimum absolute atomic E-state index is 0.112. The number of nitrogens with one attached hydrogen (secondary N) is 2. The number of pyridine rings is 1. The average Bonchev–Trinajstić information content (AvgIpc) is 3.00. The molecule has 2 aromatic rings. The van der Waals surface area contributed by atoms with Crippen molar-refractivity contribution in [1.29, 1.82) is 0 Å². The summed E-state index contributed by atoms with van der Waals surface area (Å²) in [5.41, 5.74) is 1.27. The maximum Gasteiger partial charge on any atom is 0.261 e. The lowest BCUT2D eigenvalue weighted by atomic mass is 9.76. The number of amides is 1. The van der Waals surface area contributed by atoms with Crippen LogP contribution in [0.1, 0.15) is 23.2 Å². The molecule has 1 amide bonds. The predicted molar refractivity (Wildman–Crippen MR) is 92.8 cm³/mol. The van der Waals surface area contributed by atoms with Gasteiger partial charge in [-0.05, 0) is 54.8 Å². The normalized spacial score (nSPS) is 24.3. The molecule has 0 radical (unpaired) electrons. The molecule has 6 nitrogen and oxygen atoms in total. The molecule has 6 heteroatoms. The lowest BCUT2D eigenvalue weighted by Gasteiger charge is -2.39. The molecule has 130 valence electrons. The molecule has 2 aliphatic rings. The molecule has 4 rings (SSSR count). The fraction of sp³-hybridized carbons (Fsp3) is 0.368. The number of methoxy groups -OCH3 is 1. The molecule has 25 heavy (non-hydrogen) atoms. The Morgan fingerprint density at radius 1 is 1.24 bits per heavy atom. The van der Waals surface area contributed by atoms with Crippen molar-refractivity contribution < 1.29 is 14.3 Å². The van der Waals surface area contributed by atoms with Crippen LogP contribution in [0.4, 0.5) is 0 Å². The molecule has 1 saturated heterocycles. The van der Waals surface area contributed by atoms with E-state index >= 15 is 0 Å². The number of ether oxygens (including phenoxy) is 2. The van der Waals surface area contributed by atoms with Gasteiger partial charge in [0, 0.05) is 24.3 Å². The Kier molecular flexibility index (Phi) is 4.05. The number of hydrogen-bond acceptors (Lipinski definition) is 4. The van der Waals surface area contributed by atoms with Gasteiger partial charge in [0.25, 0.3) is 11.5 Å². The lowest BCUT2D eigenvalue weighted by molar-refractivity contribution is 0.00808. The number of H-pyrrole nitrogens is 1. The van der Waals surface area contributed by atoms with Crippen LogP contribution in [0, 0.1) is 5.92 Å². The van der Waals surface area contributed by atoms with Gasteiger partial charge in [0.2, 0.25) is 0 Å². The summed E-state index contributed by atoms with van der Waals surface area (Å²) in [6.45, 7) is 0.763. The van der Waals surface area contributed by atoms with E-state index in [4.69, 9.17) is 9.47 Å². The van der Waals surface area contributed by atoms with Gasteiger partial charge in [-0.25, -0.2) is 0 Å². The third-order valence-electron chi connectivity index (χ3n) is 5.14. The Hall–Kier alpha value is -2.60. The van der Waals surface area contributed by atoms with Crippen molar-refractivity contribution in [2.75, 3.05) is 13.7 Å². The lowest BCUT2D eigenvalue weighted by Crippen LogP contribution is -2.54. The van der Waals surface area contributed by atoms with E-state index in [1.165, 1.54) is 0 Å². The zero-order valence-electron chi connectivity index (χ0n) is 14.0. The maximum atomic E-state index is 12.4. The standard InChI is InChI=1S/C19H20N2O4/c1-24-12-4-2-11(3-5-12)15-7-6-14(18(22)20-15)19(23)21-16-10-17-13(16)8-9-25-17/h2-7,13,16-17H,8-10H2,1H3,(H,20,22)(H,21,23)/t13-,16+,17+/m0/s1. The fourth-order valence-electron chi connectivity index (χ4n) is 3.60. The molecular formula is C19H20N2O4. The highest BCUT2D eigenvalue weighted by molar-refractivity contribution is 5.94. The maximum absolute atomic E-state index is 12.4. The topological polar surface area (TPSA) is 80.4 Å². The van der Waals surface area contributed by atoms with Crippen molar-refractivity contribution in [1.82, 2.24) is 10.3 Å². The summed E-state index contributed by atoms with van der Waals surface area (Å²) in [5, 5.41) is 2.96. The quantitative estimate of drug-likeness (QED) is 0.892. The molecule has 2 N–H and O–H groups in total. The van der Waals surface area contributed by atoms with Gasteiger partial charge in [-0.3, -0.25) is 9.59 Å². The number of carbonyl (C=O) groups excluding carboxylic acids is 1. The average molecular weight is 340 g/mol. The number of benzene rings is 1. The molecule has 1 aromatic heterocycles. The Labute approximate surface area is 145 Å². The minimum Gasteiger partial charge on any atom is -0.497 e. The number of aromatic nitrogens is 1. The van der Waals surface area contributed by atoms with E-state index in [-0.39, 0.29) is 29.2 Å². The SMILES string of the molecule is COc1ccc(-c2ccc(C(=O)N[C@@H]3C[C@H]4OCC[C@@H]34)c(=O)[nH]2)cc1. The van der Waals surface area contributed by atoms with Crippen LogP contribution in [0.25, 0.3) is 11.3 Å². The molecular weight excluding hydrogens is 320 g/mol. The summed E-state index contributed by atoms with van der Waals surface area (Å²) in [6, 6.07) is 10.8. The van der Waals surface area contributed by atoms with Gasteiger partial charge in [-0.15, -0.1) is 0 Å². The highest BCUT2D eigenvalue weighted by Gasteiger charge is 2.45. The van der Waals surface area contributed by atoms with Crippen molar-refractivity contribution in [3.8, 4) is 17.0 Å². The summed E-state index contributed by atoms with van der Waals surface area (Å²) in [7, 11) is 1.60. The molecule has 0 unspecified atom stereocenters. The van der Waals surface area contributed by atoms with Gasteiger partial charge in [0.05, 0.1) is 13.2 Å². The summed E-state index contributed by atoms with van der Waals surface area (Å²) in [4.78, 5) is 27.5. The third kappa shape index (κ3) is 2.93. The van der Waals surface area contributed by atoms with Crippen LogP contribution >= 0.6 is 0 Å². The molecule has 0 bridgehead atoms. The van der Waals surface area contributed by atoms with Gasteiger partial charge in [-0.1, -0.05) is 0 Å². The molecule has 1 aliphatic carbocycles. The molecule has 1 aromatic carbocycles. The van der Waals surface area contributed by atoms with Gasteiger partial charge in [0.15, 0.2) is 0 Å². The second kappa shape index (κ2) is 6.37. The van der Waals surface area contributed by atoms with Crippen LogP contribution in [-0.2, 0) is 4.74 Å². The van der Waals surface area contributed by atoms with Crippen molar-refractivity contribution in [3.63, 3.8) is 0 Å². The van der Waals surface area contributed by atoms with Crippen molar-refractivity contribution in [2.45, 2.75) is 25.0 Å². The van der Waals surface area contributed by atoms with E-state index in [1.54, 1.807) is 19.2 Å². The van der Waals surface area contributed by atoms with Gasteiger partial charge in [-0.2, -0.15) is 0 Å². The third-order valence-corrected chi connectivity index (χ3v) is 5.14. The molecule has 1 aliphatic heterocycles. The molecule has 1 saturated carbocycles. The Morgan fingerprint density at radius 3 is 2.72 bits per heavy atom. The van der Waals surface area contributed by atoms with Crippen molar-refractivity contribution >= 4 is 5.91 Å². The Morgan fingerprint density at radius 2 is 2.04 bits per heavy atom. The first-order chi connectivity index (χ1) is 12.2. The van der Waals surface area contributed by atoms with Crippen LogP contribution in [0.5, 0.6) is 5.75 Å². The van der Waals surface area contributed by atoms with Crippen molar-refractivity contribution in [3.05, 3.63) is 52.3 Å². The van der Waals surface area contributed by atoms with Crippen LogP contribution in [-0.4, -0.2) is 36.8 Å². The summed E-state index contributed by atoms with van der Waals surface area (Å²) in [6.07, 6.45) is 2.08. The smallest absolute Gasteiger partial charge is 0.261 e. The fourth-order valence-corrected chi connectivity index (χ4v) is 3.60. The number of fused-ring (bicyclic) bond motifs is 1. The zero-order chi connectivity index (χ0) is 17.4. The Bertz CT molecular complexity index is 843. The summed E-state index contributed by atoms with van der Waals surface area (Å²) < 4.78 is 10.7. The number of rotatable bonds is 4. The minimum atomic E-state index is -0.385.